The Bertz CT molecular complexity index is 340. The number of rotatable bonds is 4. The van der Waals surface area contributed by atoms with Gasteiger partial charge in [0.1, 0.15) is 0 Å². The Hall–Kier alpha value is -0.750. The second-order valence-electron chi connectivity index (χ2n) is 3.17. The lowest BCUT2D eigenvalue weighted by Gasteiger charge is -2.15. The fraction of sp³-hybridized carbons (Fsp3) is 0.400. The monoisotopic (exact) mass is 253 g/mol. The molecular formula is C10H11F4NS. The molecule has 1 atom stereocenters. The first-order valence-electron chi connectivity index (χ1n) is 4.60. The van der Waals surface area contributed by atoms with E-state index in [1.54, 1.807) is 6.07 Å². The van der Waals surface area contributed by atoms with Gasteiger partial charge in [0.05, 0.1) is 6.67 Å². The van der Waals surface area contributed by atoms with Gasteiger partial charge in [-0.05, 0) is 29.8 Å². The average molecular weight is 253 g/mol. The molecule has 90 valence electrons. The Balaban J connectivity index is 2.91. The van der Waals surface area contributed by atoms with Crippen molar-refractivity contribution in [2.45, 2.75) is 22.9 Å². The second-order valence-corrected chi connectivity index (χ2v) is 4.28. The fourth-order valence-corrected chi connectivity index (χ4v) is 2.01. The van der Waals surface area contributed by atoms with Crippen LogP contribution in [0.25, 0.3) is 0 Å². The highest BCUT2D eigenvalue weighted by molar-refractivity contribution is 8.00. The molecule has 0 saturated heterocycles. The predicted octanol–water partition coefficient (Wildman–Crippen LogP) is 3.66. The van der Waals surface area contributed by atoms with Gasteiger partial charge in [-0.3, -0.25) is 4.39 Å². The van der Waals surface area contributed by atoms with E-state index in [0.29, 0.717) is 5.56 Å². The molecule has 1 aromatic rings. The highest BCUT2D eigenvalue weighted by Gasteiger charge is 2.30. The lowest BCUT2D eigenvalue weighted by atomic mass is 10.1. The predicted molar refractivity (Wildman–Crippen MR) is 55.9 cm³/mol. The minimum atomic E-state index is -4.36. The summed E-state index contributed by atoms with van der Waals surface area (Å²) in [5, 5.41) is 0. The van der Waals surface area contributed by atoms with Gasteiger partial charge in [0.15, 0.2) is 0 Å². The van der Waals surface area contributed by atoms with Gasteiger partial charge in [-0.25, -0.2) is 0 Å². The Morgan fingerprint density at radius 1 is 1.25 bits per heavy atom. The Kier molecular flexibility index (Phi) is 4.61. The molecule has 1 aromatic carbocycles. The maximum atomic E-state index is 12.2. The van der Waals surface area contributed by atoms with Crippen molar-refractivity contribution in [2.75, 3.05) is 6.67 Å². The first-order valence-corrected chi connectivity index (χ1v) is 5.42. The molecule has 0 spiro atoms. The van der Waals surface area contributed by atoms with Gasteiger partial charge in [-0.2, -0.15) is 13.2 Å². The van der Waals surface area contributed by atoms with E-state index in [1.807, 2.05) is 0 Å². The van der Waals surface area contributed by atoms with Gasteiger partial charge in [0.2, 0.25) is 0 Å². The summed E-state index contributed by atoms with van der Waals surface area (Å²) in [5.41, 5.74) is 1.58. The van der Waals surface area contributed by atoms with Gasteiger partial charge in [-0.15, -0.1) is 0 Å². The van der Waals surface area contributed by atoms with Crippen LogP contribution in [-0.2, 0) is 0 Å². The Labute approximate surface area is 95.0 Å². The molecule has 0 fully saturated rings. The topological polar surface area (TPSA) is 26.0 Å². The van der Waals surface area contributed by atoms with Gasteiger partial charge in [-0.1, -0.05) is 18.2 Å². The van der Waals surface area contributed by atoms with Crippen LogP contribution in [0.5, 0.6) is 0 Å². The van der Waals surface area contributed by atoms with Crippen LogP contribution >= 0.6 is 11.8 Å². The molecule has 0 heterocycles. The van der Waals surface area contributed by atoms with E-state index in [2.05, 4.69) is 0 Å². The number of thioether (sulfide) groups is 1. The molecule has 16 heavy (non-hydrogen) atoms. The molecule has 0 radical (unpaired) electrons. The molecule has 2 N–H and O–H groups in total. The number of nitrogens with two attached hydrogens (primary N) is 1. The van der Waals surface area contributed by atoms with E-state index >= 15 is 0 Å². The van der Waals surface area contributed by atoms with Crippen LogP contribution in [0.4, 0.5) is 17.6 Å². The highest BCUT2D eigenvalue weighted by atomic mass is 32.2. The van der Waals surface area contributed by atoms with E-state index < -0.39 is 18.2 Å². The van der Waals surface area contributed by atoms with Crippen molar-refractivity contribution in [3.63, 3.8) is 0 Å². The van der Waals surface area contributed by atoms with Crippen molar-refractivity contribution in [3.8, 4) is 0 Å². The van der Waals surface area contributed by atoms with Crippen molar-refractivity contribution in [1.82, 2.24) is 0 Å². The minimum absolute atomic E-state index is 0.0232. The molecule has 0 aromatic heterocycles. The molecule has 0 aliphatic carbocycles. The first-order chi connectivity index (χ1) is 7.44. The summed E-state index contributed by atoms with van der Waals surface area (Å²) in [7, 11) is 0. The van der Waals surface area contributed by atoms with Crippen molar-refractivity contribution < 1.29 is 17.6 Å². The maximum Gasteiger partial charge on any atom is 0.446 e. The molecule has 0 unspecified atom stereocenters. The molecule has 0 aliphatic heterocycles. The number of hydrogen-bond acceptors (Lipinski definition) is 2. The lowest BCUT2D eigenvalue weighted by molar-refractivity contribution is -0.0328. The van der Waals surface area contributed by atoms with Crippen molar-refractivity contribution >= 4 is 11.8 Å². The SMILES string of the molecule is N[C@H](CCF)c1ccccc1SC(F)(F)F. The number of benzene rings is 1. The van der Waals surface area contributed by atoms with Crippen LogP contribution in [0, 0.1) is 0 Å². The summed E-state index contributed by atoms with van der Waals surface area (Å²) < 4.78 is 48.7. The summed E-state index contributed by atoms with van der Waals surface area (Å²) in [6, 6.07) is 5.23. The van der Waals surface area contributed by atoms with Crippen molar-refractivity contribution in [2.24, 2.45) is 5.73 Å². The quantitative estimate of drug-likeness (QED) is 0.654. The van der Waals surface area contributed by atoms with Crippen LogP contribution in [-0.4, -0.2) is 12.2 Å². The van der Waals surface area contributed by atoms with E-state index in [9.17, 15) is 17.6 Å². The third-order valence-electron chi connectivity index (χ3n) is 1.96. The molecule has 6 heteroatoms. The van der Waals surface area contributed by atoms with Crippen LogP contribution < -0.4 is 5.73 Å². The Morgan fingerprint density at radius 2 is 1.88 bits per heavy atom. The zero-order valence-corrected chi connectivity index (χ0v) is 9.11. The van der Waals surface area contributed by atoms with Crippen molar-refractivity contribution in [1.29, 1.82) is 0 Å². The molecular weight excluding hydrogens is 242 g/mol. The summed E-state index contributed by atoms with van der Waals surface area (Å²) in [6.45, 7) is -0.647. The van der Waals surface area contributed by atoms with Gasteiger partial charge in [0.25, 0.3) is 0 Å². The third kappa shape index (κ3) is 4.02. The molecule has 1 nitrogen and oxygen atoms in total. The van der Waals surface area contributed by atoms with Crippen LogP contribution in [0.1, 0.15) is 18.0 Å². The van der Waals surface area contributed by atoms with E-state index in [0.717, 1.165) is 0 Å². The molecule has 0 aliphatic rings. The lowest BCUT2D eigenvalue weighted by Crippen LogP contribution is -2.13. The zero-order chi connectivity index (χ0) is 12.2. The zero-order valence-electron chi connectivity index (χ0n) is 8.30. The molecule has 0 saturated carbocycles. The van der Waals surface area contributed by atoms with E-state index in [-0.39, 0.29) is 23.1 Å². The van der Waals surface area contributed by atoms with E-state index in [4.69, 9.17) is 5.73 Å². The standard InChI is InChI=1S/C10H11F4NS/c11-6-5-8(15)7-3-1-2-4-9(7)16-10(12,13)14/h1-4,8H,5-6,15H2/t8-/m1/s1. The second kappa shape index (κ2) is 5.54. The number of halogens is 4. The summed E-state index contributed by atoms with van der Waals surface area (Å²) in [4.78, 5) is 0.0379. The minimum Gasteiger partial charge on any atom is -0.324 e. The molecule has 0 bridgehead atoms. The van der Waals surface area contributed by atoms with E-state index in [1.165, 1.54) is 18.2 Å². The normalized spacial score (nSPS) is 13.8. The van der Waals surface area contributed by atoms with Crippen LogP contribution in [0.2, 0.25) is 0 Å². The first kappa shape index (κ1) is 13.3. The maximum absolute atomic E-state index is 12.2. The number of alkyl halides is 4. The third-order valence-corrected chi connectivity index (χ3v) is 2.79. The van der Waals surface area contributed by atoms with Crippen LogP contribution in [0.15, 0.2) is 29.2 Å². The Morgan fingerprint density at radius 3 is 2.44 bits per heavy atom. The molecule has 1 rings (SSSR count). The molecule has 0 amide bonds. The van der Waals surface area contributed by atoms with Gasteiger partial charge >= 0.3 is 5.51 Å². The van der Waals surface area contributed by atoms with Crippen LogP contribution in [0.3, 0.4) is 0 Å². The smallest absolute Gasteiger partial charge is 0.324 e. The van der Waals surface area contributed by atoms with Crippen molar-refractivity contribution in [3.05, 3.63) is 29.8 Å². The van der Waals surface area contributed by atoms with Gasteiger partial charge in [0, 0.05) is 10.9 Å². The largest absolute Gasteiger partial charge is 0.446 e. The summed E-state index contributed by atoms with van der Waals surface area (Å²) in [5.74, 6) is 0. The summed E-state index contributed by atoms with van der Waals surface area (Å²) in [6.07, 6.45) is 0.0232. The fourth-order valence-electron chi connectivity index (χ4n) is 1.28. The summed E-state index contributed by atoms with van der Waals surface area (Å²) >= 11 is -0.221. The highest BCUT2D eigenvalue weighted by Crippen LogP contribution is 2.40. The average Bonchev–Trinajstić information content (AvgIpc) is 2.16. The number of hydrogen-bond donors (Lipinski definition) is 1. The van der Waals surface area contributed by atoms with Gasteiger partial charge < -0.3 is 5.73 Å².